The van der Waals surface area contributed by atoms with Crippen LogP contribution in [0.2, 0.25) is 5.02 Å². The van der Waals surface area contributed by atoms with E-state index < -0.39 is 0 Å². The van der Waals surface area contributed by atoms with E-state index in [0.717, 1.165) is 27.9 Å². The molecule has 0 saturated heterocycles. The van der Waals surface area contributed by atoms with E-state index in [2.05, 4.69) is 20.7 Å². The molecule has 212 valence electrons. The quantitative estimate of drug-likeness (QED) is 0.103. The number of methoxy groups -OCH3 is 1. The average Bonchev–Trinajstić information content (AvgIpc) is 3.44. The molecule has 4 aromatic carbocycles. The van der Waals surface area contributed by atoms with Crippen LogP contribution in [-0.2, 0) is 11.4 Å². The molecule has 0 unspecified atom stereocenters. The largest absolute Gasteiger partial charge is 0.493 e. The van der Waals surface area contributed by atoms with Crippen molar-refractivity contribution >= 4 is 35.5 Å². The molecule has 0 spiro atoms. The molecule has 0 aliphatic rings. The third-order valence-corrected chi connectivity index (χ3v) is 7.37. The second kappa shape index (κ2) is 13.8. The molecule has 0 radical (unpaired) electrons. The van der Waals surface area contributed by atoms with Gasteiger partial charge in [0.2, 0.25) is 0 Å². The number of hydrogen-bond acceptors (Lipinski definition) is 7. The lowest BCUT2D eigenvalue weighted by molar-refractivity contribution is -0.118. The van der Waals surface area contributed by atoms with Crippen molar-refractivity contribution in [2.24, 2.45) is 5.10 Å². The molecule has 5 rings (SSSR count). The minimum atomic E-state index is -0.281. The molecule has 1 N–H and O–H groups in total. The number of aromatic nitrogens is 3. The van der Waals surface area contributed by atoms with Crippen LogP contribution in [0.4, 0.5) is 0 Å². The molecule has 0 aliphatic carbocycles. The summed E-state index contributed by atoms with van der Waals surface area (Å²) in [5.74, 6) is 1.66. The third kappa shape index (κ3) is 7.37. The van der Waals surface area contributed by atoms with E-state index in [9.17, 15) is 4.79 Å². The summed E-state index contributed by atoms with van der Waals surface area (Å²) in [7, 11) is 1.59. The molecule has 0 aliphatic heterocycles. The number of aryl methyl sites for hydroxylation is 1. The van der Waals surface area contributed by atoms with Gasteiger partial charge in [-0.1, -0.05) is 71.4 Å². The lowest BCUT2D eigenvalue weighted by Gasteiger charge is -2.11. The smallest absolute Gasteiger partial charge is 0.250 e. The topological polar surface area (TPSA) is 90.6 Å². The van der Waals surface area contributed by atoms with Gasteiger partial charge in [-0.2, -0.15) is 5.10 Å². The zero-order valence-electron chi connectivity index (χ0n) is 23.0. The Morgan fingerprint density at radius 3 is 2.48 bits per heavy atom. The predicted octanol–water partition coefficient (Wildman–Crippen LogP) is 6.73. The van der Waals surface area contributed by atoms with Crippen LogP contribution in [0, 0.1) is 6.92 Å². The van der Waals surface area contributed by atoms with Crippen molar-refractivity contribution < 1.29 is 14.3 Å². The Kier molecular flexibility index (Phi) is 9.53. The number of hydrogen-bond donors (Lipinski definition) is 1. The number of rotatable bonds is 11. The summed E-state index contributed by atoms with van der Waals surface area (Å²) in [4.78, 5) is 12.7. The first-order chi connectivity index (χ1) is 20.5. The molecule has 0 saturated carbocycles. The van der Waals surface area contributed by atoms with Crippen LogP contribution >= 0.6 is 23.4 Å². The molecular formula is C32H28ClN5O3S. The van der Waals surface area contributed by atoms with Crippen LogP contribution in [0.25, 0.3) is 17.1 Å². The second-order valence-electron chi connectivity index (χ2n) is 9.25. The number of nitrogens with one attached hydrogen (secondary N) is 1. The van der Waals surface area contributed by atoms with Gasteiger partial charge in [0, 0.05) is 16.3 Å². The molecule has 0 bridgehead atoms. The predicted molar refractivity (Wildman–Crippen MR) is 167 cm³/mol. The summed E-state index contributed by atoms with van der Waals surface area (Å²) in [5.41, 5.74) is 7.26. The highest BCUT2D eigenvalue weighted by atomic mass is 35.5. The Labute approximate surface area is 253 Å². The highest BCUT2D eigenvalue weighted by Gasteiger charge is 2.17. The van der Waals surface area contributed by atoms with Gasteiger partial charge in [0.05, 0.1) is 19.1 Å². The van der Waals surface area contributed by atoms with Crippen LogP contribution in [0.3, 0.4) is 0 Å². The van der Waals surface area contributed by atoms with Crippen molar-refractivity contribution in [2.45, 2.75) is 18.7 Å². The van der Waals surface area contributed by atoms with E-state index in [1.807, 2.05) is 102 Å². The number of hydrazone groups is 1. The number of carbonyl (C=O) groups excluding carboxylic acids is 1. The van der Waals surface area contributed by atoms with Crippen molar-refractivity contribution in [3.63, 3.8) is 0 Å². The number of ether oxygens (including phenoxy) is 2. The zero-order valence-corrected chi connectivity index (χ0v) is 24.6. The van der Waals surface area contributed by atoms with Gasteiger partial charge in [0.15, 0.2) is 22.5 Å². The number of nitrogens with zero attached hydrogens (tertiary/aromatic N) is 4. The molecule has 0 atom stereocenters. The highest BCUT2D eigenvalue weighted by Crippen LogP contribution is 2.30. The maximum Gasteiger partial charge on any atom is 0.250 e. The summed E-state index contributed by atoms with van der Waals surface area (Å²) >= 11 is 7.36. The minimum Gasteiger partial charge on any atom is -0.493 e. The lowest BCUT2D eigenvalue weighted by Crippen LogP contribution is -2.20. The highest BCUT2D eigenvalue weighted by molar-refractivity contribution is 7.99. The van der Waals surface area contributed by atoms with Gasteiger partial charge in [0.25, 0.3) is 5.91 Å². The maximum absolute atomic E-state index is 12.7. The first-order valence-corrected chi connectivity index (χ1v) is 14.4. The molecule has 1 aromatic heterocycles. The number of halogens is 1. The molecular weight excluding hydrogens is 570 g/mol. The first-order valence-electron chi connectivity index (χ1n) is 13.1. The Morgan fingerprint density at radius 2 is 1.74 bits per heavy atom. The second-order valence-corrected chi connectivity index (χ2v) is 10.6. The third-order valence-electron chi connectivity index (χ3n) is 6.19. The molecule has 0 fully saturated rings. The SMILES string of the molecule is COc1ccc(/C=N/NC(=O)CSc2nnc(-c3ccc(Cl)cc3)n2-c2ccc(C)cc2)cc1OCc1ccccc1. The van der Waals surface area contributed by atoms with Gasteiger partial charge in [-0.05, 0) is 72.6 Å². The van der Waals surface area contributed by atoms with E-state index in [-0.39, 0.29) is 11.7 Å². The molecule has 5 aromatic rings. The van der Waals surface area contributed by atoms with E-state index in [0.29, 0.717) is 34.1 Å². The Bertz CT molecular complexity index is 1670. The fourth-order valence-corrected chi connectivity index (χ4v) is 4.91. The lowest BCUT2D eigenvalue weighted by atomic mass is 10.2. The summed E-state index contributed by atoms with van der Waals surface area (Å²) < 4.78 is 13.3. The fourth-order valence-electron chi connectivity index (χ4n) is 4.04. The van der Waals surface area contributed by atoms with Crippen molar-refractivity contribution in [3.8, 4) is 28.6 Å². The molecule has 8 nitrogen and oxygen atoms in total. The molecule has 42 heavy (non-hydrogen) atoms. The normalized spacial score (nSPS) is 11.0. The van der Waals surface area contributed by atoms with Crippen LogP contribution < -0.4 is 14.9 Å². The van der Waals surface area contributed by atoms with Crippen molar-refractivity contribution in [2.75, 3.05) is 12.9 Å². The molecule has 1 heterocycles. The fraction of sp³-hybridized carbons (Fsp3) is 0.125. The standard InChI is InChI=1S/C32H28ClN5O3S/c1-22-8-15-27(16-9-22)38-31(25-11-13-26(33)14-12-25)36-37-32(38)42-21-30(39)35-34-19-24-10-17-28(40-2)29(18-24)41-20-23-6-4-3-5-7-23/h3-19H,20-21H2,1-2H3,(H,35,39)/b34-19+. The zero-order chi connectivity index (χ0) is 29.3. The van der Waals surface area contributed by atoms with Crippen molar-refractivity contribution in [1.82, 2.24) is 20.2 Å². The van der Waals surface area contributed by atoms with Crippen LogP contribution in [0.5, 0.6) is 11.5 Å². The number of carbonyl (C=O) groups is 1. The van der Waals surface area contributed by atoms with Crippen LogP contribution in [0.15, 0.2) is 107 Å². The Balaban J connectivity index is 1.24. The van der Waals surface area contributed by atoms with Gasteiger partial charge < -0.3 is 9.47 Å². The molecule has 1 amide bonds. The Morgan fingerprint density at radius 1 is 0.976 bits per heavy atom. The summed E-state index contributed by atoms with van der Waals surface area (Å²) in [5, 5.41) is 14.1. The Hall–Kier alpha value is -4.60. The summed E-state index contributed by atoms with van der Waals surface area (Å²) in [6.45, 7) is 2.43. The van der Waals surface area contributed by atoms with Gasteiger partial charge in [0.1, 0.15) is 6.61 Å². The maximum atomic E-state index is 12.7. The monoisotopic (exact) mass is 597 g/mol. The summed E-state index contributed by atoms with van der Waals surface area (Å²) in [6, 6.07) is 30.8. The van der Waals surface area contributed by atoms with E-state index >= 15 is 0 Å². The van der Waals surface area contributed by atoms with E-state index in [4.69, 9.17) is 21.1 Å². The van der Waals surface area contributed by atoms with Crippen molar-refractivity contribution in [3.05, 3.63) is 119 Å². The van der Waals surface area contributed by atoms with E-state index in [1.165, 1.54) is 11.8 Å². The summed E-state index contributed by atoms with van der Waals surface area (Å²) in [6.07, 6.45) is 1.56. The van der Waals surface area contributed by atoms with Crippen LogP contribution in [-0.4, -0.2) is 39.7 Å². The van der Waals surface area contributed by atoms with Crippen molar-refractivity contribution in [1.29, 1.82) is 0 Å². The number of thioether (sulfide) groups is 1. The van der Waals surface area contributed by atoms with Crippen LogP contribution in [0.1, 0.15) is 16.7 Å². The first kappa shape index (κ1) is 28.9. The molecule has 10 heteroatoms. The number of amides is 1. The van der Waals surface area contributed by atoms with E-state index in [1.54, 1.807) is 19.4 Å². The van der Waals surface area contributed by atoms with Gasteiger partial charge in [-0.3, -0.25) is 9.36 Å². The average molecular weight is 598 g/mol. The van der Waals surface area contributed by atoms with Gasteiger partial charge >= 0.3 is 0 Å². The number of benzene rings is 4. The van der Waals surface area contributed by atoms with Gasteiger partial charge in [-0.25, -0.2) is 5.43 Å². The minimum absolute atomic E-state index is 0.0933. The van der Waals surface area contributed by atoms with Gasteiger partial charge in [-0.15, -0.1) is 10.2 Å².